The third-order valence-electron chi connectivity index (χ3n) is 3.56. The minimum absolute atomic E-state index is 0.815. The van der Waals surface area contributed by atoms with Gasteiger partial charge in [-0.1, -0.05) is 13.8 Å². The maximum absolute atomic E-state index is 5.60. The minimum Gasteiger partial charge on any atom is -0.381 e. The van der Waals surface area contributed by atoms with E-state index >= 15 is 0 Å². The van der Waals surface area contributed by atoms with E-state index in [0.29, 0.717) is 0 Å². The van der Waals surface area contributed by atoms with Gasteiger partial charge in [0.1, 0.15) is 0 Å². The van der Waals surface area contributed by atoms with Gasteiger partial charge in [-0.3, -0.25) is 0 Å². The van der Waals surface area contributed by atoms with Crippen molar-refractivity contribution in [2.24, 2.45) is 0 Å². The standard InChI is InChI=1S/C20H42NO4/c1-3-13-22-15-5-7-17-24-19-9-11-21-12-10-20-25-18-8-6-16-23-14-4-2/h3-20H2,1-2H3. The van der Waals surface area contributed by atoms with Gasteiger partial charge in [-0.05, 0) is 51.4 Å². The molecule has 0 fully saturated rings. The van der Waals surface area contributed by atoms with Crippen LogP contribution in [-0.2, 0) is 18.9 Å². The molecule has 0 heterocycles. The van der Waals surface area contributed by atoms with Crippen molar-refractivity contribution in [1.82, 2.24) is 5.32 Å². The molecule has 0 N–H and O–H groups in total. The molecule has 0 amide bonds. The number of rotatable bonds is 22. The number of nitrogens with zero attached hydrogens (tertiary/aromatic N) is 1. The van der Waals surface area contributed by atoms with Gasteiger partial charge in [-0.2, -0.15) is 0 Å². The first kappa shape index (κ1) is 24.8. The summed E-state index contributed by atoms with van der Waals surface area (Å²) in [5, 5.41) is 4.51. The average Bonchev–Trinajstić information content (AvgIpc) is 2.63. The Balaban J connectivity index is 2.94. The van der Waals surface area contributed by atoms with E-state index in [-0.39, 0.29) is 0 Å². The minimum atomic E-state index is 0.815. The largest absolute Gasteiger partial charge is 0.381 e. The molecule has 0 aromatic rings. The maximum Gasteiger partial charge on any atom is 0.0478 e. The molecule has 151 valence electrons. The molecule has 0 saturated heterocycles. The molecule has 0 rings (SSSR count). The van der Waals surface area contributed by atoms with Crippen molar-refractivity contribution < 1.29 is 18.9 Å². The zero-order valence-electron chi connectivity index (χ0n) is 16.8. The summed E-state index contributed by atoms with van der Waals surface area (Å²) in [5.74, 6) is 0. The summed E-state index contributed by atoms with van der Waals surface area (Å²) in [4.78, 5) is 0. The van der Waals surface area contributed by atoms with E-state index < -0.39 is 0 Å². The van der Waals surface area contributed by atoms with Gasteiger partial charge in [0.2, 0.25) is 0 Å². The summed E-state index contributed by atoms with van der Waals surface area (Å²) in [7, 11) is 0. The van der Waals surface area contributed by atoms with Crippen LogP contribution in [-0.4, -0.2) is 65.9 Å². The van der Waals surface area contributed by atoms with Crippen LogP contribution >= 0.6 is 0 Å². The Hall–Kier alpha value is -0.200. The van der Waals surface area contributed by atoms with Crippen LogP contribution in [0.1, 0.15) is 65.2 Å². The zero-order chi connectivity index (χ0) is 18.3. The first-order chi connectivity index (χ1) is 12.4. The fourth-order valence-electron chi connectivity index (χ4n) is 2.18. The van der Waals surface area contributed by atoms with Crippen LogP contribution in [0.25, 0.3) is 0 Å². The summed E-state index contributed by atoms with van der Waals surface area (Å²) < 4.78 is 22.1. The predicted molar refractivity (Wildman–Crippen MR) is 103 cm³/mol. The van der Waals surface area contributed by atoms with Gasteiger partial charge in [-0.15, -0.1) is 0 Å². The third-order valence-corrected chi connectivity index (χ3v) is 3.56. The number of hydrogen-bond acceptors (Lipinski definition) is 4. The molecule has 5 heteroatoms. The summed E-state index contributed by atoms with van der Waals surface area (Å²) in [6, 6.07) is 0. The van der Waals surface area contributed by atoms with E-state index in [4.69, 9.17) is 18.9 Å². The highest BCUT2D eigenvalue weighted by Gasteiger charge is 1.94. The molecule has 1 radical (unpaired) electrons. The number of ether oxygens (including phenoxy) is 4. The van der Waals surface area contributed by atoms with E-state index in [0.717, 1.165) is 117 Å². The normalized spacial score (nSPS) is 11.3. The summed E-state index contributed by atoms with van der Waals surface area (Å²) in [5.41, 5.74) is 0. The van der Waals surface area contributed by atoms with E-state index in [2.05, 4.69) is 19.2 Å². The monoisotopic (exact) mass is 360 g/mol. The van der Waals surface area contributed by atoms with Gasteiger partial charge in [-0.25, -0.2) is 5.32 Å². The van der Waals surface area contributed by atoms with Gasteiger partial charge < -0.3 is 18.9 Å². The smallest absolute Gasteiger partial charge is 0.0478 e. The molecule has 0 aliphatic heterocycles. The van der Waals surface area contributed by atoms with Gasteiger partial charge in [0.25, 0.3) is 0 Å². The van der Waals surface area contributed by atoms with Crippen molar-refractivity contribution in [3.05, 3.63) is 0 Å². The van der Waals surface area contributed by atoms with E-state index in [1.807, 2.05) is 0 Å². The molecule has 0 spiro atoms. The molecule has 0 aromatic carbocycles. The fraction of sp³-hybridized carbons (Fsp3) is 1.00. The molecule has 25 heavy (non-hydrogen) atoms. The first-order valence-electron chi connectivity index (χ1n) is 10.4. The van der Waals surface area contributed by atoms with E-state index in [9.17, 15) is 0 Å². The van der Waals surface area contributed by atoms with Gasteiger partial charge in [0.05, 0.1) is 0 Å². The quantitative estimate of drug-likeness (QED) is 0.275. The number of unbranched alkanes of at least 4 members (excludes halogenated alkanes) is 2. The summed E-state index contributed by atoms with van der Waals surface area (Å²) in [6.07, 6.45) is 8.59. The Morgan fingerprint density at radius 1 is 0.440 bits per heavy atom. The van der Waals surface area contributed by atoms with Crippen LogP contribution in [0.15, 0.2) is 0 Å². The van der Waals surface area contributed by atoms with Gasteiger partial charge >= 0.3 is 0 Å². The topological polar surface area (TPSA) is 51.0 Å². The van der Waals surface area contributed by atoms with Crippen LogP contribution in [0.2, 0.25) is 0 Å². The highest BCUT2D eigenvalue weighted by molar-refractivity contribution is 4.48. The van der Waals surface area contributed by atoms with Crippen molar-refractivity contribution in [3.63, 3.8) is 0 Å². The molecule has 0 atom stereocenters. The second kappa shape index (κ2) is 23.8. The SMILES string of the molecule is CCCOCCCCOCCC[N]CCCOCCCCOCCC. The van der Waals surface area contributed by atoms with Crippen molar-refractivity contribution in [2.45, 2.75) is 65.2 Å². The molecular weight excluding hydrogens is 318 g/mol. The van der Waals surface area contributed by atoms with Crippen LogP contribution in [0.4, 0.5) is 0 Å². The molecule has 0 aliphatic carbocycles. The fourth-order valence-corrected chi connectivity index (χ4v) is 2.18. The molecule has 5 nitrogen and oxygen atoms in total. The highest BCUT2D eigenvalue weighted by Crippen LogP contribution is 1.95. The van der Waals surface area contributed by atoms with Crippen molar-refractivity contribution in [3.8, 4) is 0 Å². The predicted octanol–water partition coefficient (Wildman–Crippen LogP) is 3.82. The lowest BCUT2D eigenvalue weighted by Crippen LogP contribution is -2.13. The second-order valence-electron chi connectivity index (χ2n) is 6.24. The van der Waals surface area contributed by atoms with E-state index in [1.54, 1.807) is 0 Å². The van der Waals surface area contributed by atoms with Gasteiger partial charge in [0.15, 0.2) is 0 Å². The van der Waals surface area contributed by atoms with Crippen LogP contribution in [0, 0.1) is 0 Å². The Bertz CT molecular complexity index is 208. The van der Waals surface area contributed by atoms with Crippen LogP contribution in [0.3, 0.4) is 0 Å². The lowest BCUT2D eigenvalue weighted by Gasteiger charge is -2.06. The summed E-state index contributed by atoms with van der Waals surface area (Å²) >= 11 is 0. The Morgan fingerprint density at radius 2 is 0.760 bits per heavy atom. The highest BCUT2D eigenvalue weighted by atomic mass is 16.5. The first-order valence-corrected chi connectivity index (χ1v) is 10.4. The molecule has 0 aromatic heterocycles. The lowest BCUT2D eigenvalue weighted by molar-refractivity contribution is 0.0997. The molecule has 0 unspecified atom stereocenters. The van der Waals surface area contributed by atoms with Crippen LogP contribution in [0.5, 0.6) is 0 Å². The number of hydrogen-bond donors (Lipinski definition) is 0. The maximum atomic E-state index is 5.60. The molecular formula is C20H42NO4. The lowest BCUT2D eigenvalue weighted by atomic mass is 10.3. The van der Waals surface area contributed by atoms with Gasteiger partial charge in [0, 0.05) is 65.9 Å². The van der Waals surface area contributed by atoms with Crippen molar-refractivity contribution >= 4 is 0 Å². The van der Waals surface area contributed by atoms with E-state index in [1.165, 1.54) is 0 Å². The molecule has 0 aliphatic rings. The average molecular weight is 361 g/mol. The Morgan fingerprint density at radius 3 is 1.12 bits per heavy atom. The second-order valence-corrected chi connectivity index (χ2v) is 6.24. The van der Waals surface area contributed by atoms with Crippen molar-refractivity contribution in [1.29, 1.82) is 0 Å². The van der Waals surface area contributed by atoms with Crippen LogP contribution < -0.4 is 5.32 Å². The Kier molecular flexibility index (Phi) is 23.6. The summed E-state index contributed by atoms with van der Waals surface area (Å²) in [6.45, 7) is 12.8. The Labute approximate surface area is 156 Å². The molecule has 0 saturated carbocycles. The molecule has 0 bridgehead atoms. The van der Waals surface area contributed by atoms with Crippen molar-refractivity contribution in [2.75, 3.05) is 65.9 Å². The third kappa shape index (κ3) is 23.8. The zero-order valence-corrected chi connectivity index (χ0v) is 16.8.